The smallest absolute Gasteiger partial charge is 0.339 e. The highest BCUT2D eigenvalue weighted by atomic mass is 35.5. The summed E-state index contributed by atoms with van der Waals surface area (Å²) in [5.74, 6) is 0.822. The maximum atomic E-state index is 12.3. The Balaban J connectivity index is 1.63. The Morgan fingerprint density at radius 2 is 1.96 bits per heavy atom. The summed E-state index contributed by atoms with van der Waals surface area (Å²) in [5.41, 5.74) is 0.504. The fraction of sp³-hybridized carbons (Fsp3) is 0.167. The van der Waals surface area contributed by atoms with Crippen LogP contribution < -0.4 is 4.74 Å². The maximum absolute atomic E-state index is 12.3. The van der Waals surface area contributed by atoms with Crippen LogP contribution in [0.4, 0.5) is 0 Å². The highest BCUT2D eigenvalue weighted by Gasteiger charge is 2.42. The van der Waals surface area contributed by atoms with Gasteiger partial charge < -0.3 is 9.47 Å². The predicted molar refractivity (Wildman–Crippen MR) is 90.8 cm³/mol. The SMILES string of the molecule is CC1(Cn2cncn2)OC(=O)c2cc(Oc3ccc(Cl)cc3)ccc21. The average Bonchev–Trinajstić information content (AvgIpc) is 3.17. The molecule has 1 unspecified atom stereocenters. The van der Waals surface area contributed by atoms with Crippen molar-refractivity contribution in [3.63, 3.8) is 0 Å². The first-order chi connectivity index (χ1) is 12.0. The van der Waals surface area contributed by atoms with E-state index in [4.69, 9.17) is 21.1 Å². The lowest BCUT2D eigenvalue weighted by Gasteiger charge is -2.23. The Hall–Kier alpha value is -2.86. The molecule has 2 aromatic carbocycles. The quantitative estimate of drug-likeness (QED) is 0.666. The van der Waals surface area contributed by atoms with Crippen LogP contribution in [0.1, 0.15) is 22.8 Å². The molecule has 0 saturated heterocycles. The van der Waals surface area contributed by atoms with Crippen molar-refractivity contribution in [3.05, 3.63) is 71.3 Å². The summed E-state index contributed by atoms with van der Waals surface area (Å²) < 4.78 is 13.0. The number of rotatable bonds is 4. The largest absolute Gasteiger partial charge is 0.457 e. The molecule has 3 aromatic rings. The molecule has 0 N–H and O–H groups in total. The Bertz CT molecular complexity index is 925. The van der Waals surface area contributed by atoms with Gasteiger partial charge in [0.1, 0.15) is 24.2 Å². The van der Waals surface area contributed by atoms with Crippen molar-refractivity contribution in [1.82, 2.24) is 14.8 Å². The number of cyclic esters (lactones) is 1. The Morgan fingerprint density at radius 1 is 1.20 bits per heavy atom. The van der Waals surface area contributed by atoms with Crippen LogP contribution in [0.3, 0.4) is 0 Å². The zero-order valence-corrected chi connectivity index (χ0v) is 14.1. The Morgan fingerprint density at radius 3 is 2.68 bits per heavy atom. The highest BCUT2D eigenvalue weighted by Crippen LogP contribution is 2.39. The summed E-state index contributed by atoms with van der Waals surface area (Å²) >= 11 is 5.87. The number of hydrogen-bond acceptors (Lipinski definition) is 5. The first-order valence-corrected chi connectivity index (χ1v) is 8.05. The second-order valence-corrected chi connectivity index (χ2v) is 6.41. The number of aromatic nitrogens is 3. The van der Waals surface area contributed by atoms with E-state index in [-0.39, 0.29) is 5.97 Å². The molecule has 6 nitrogen and oxygen atoms in total. The molecule has 0 amide bonds. The Labute approximate surface area is 149 Å². The molecule has 1 aliphatic heterocycles. The topological polar surface area (TPSA) is 66.2 Å². The third kappa shape index (κ3) is 2.96. The van der Waals surface area contributed by atoms with Gasteiger partial charge >= 0.3 is 5.97 Å². The zero-order chi connectivity index (χ0) is 17.4. The first kappa shape index (κ1) is 15.7. The van der Waals surface area contributed by atoms with Crippen molar-refractivity contribution >= 4 is 17.6 Å². The van der Waals surface area contributed by atoms with Crippen LogP contribution in [-0.4, -0.2) is 20.7 Å². The number of carbonyl (C=O) groups excluding carboxylic acids is 1. The van der Waals surface area contributed by atoms with Crippen molar-refractivity contribution in [2.24, 2.45) is 0 Å². The molecule has 4 rings (SSSR count). The van der Waals surface area contributed by atoms with Gasteiger partial charge in [0.15, 0.2) is 5.60 Å². The summed E-state index contributed by atoms with van der Waals surface area (Å²) in [4.78, 5) is 16.2. The van der Waals surface area contributed by atoms with E-state index >= 15 is 0 Å². The van der Waals surface area contributed by atoms with Gasteiger partial charge in [0, 0.05) is 10.6 Å². The van der Waals surface area contributed by atoms with Crippen LogP contribution in [0, 0.1) is 0 Å². The van der Waals surface area contributed by atoms with Gasteiger partial charge in [0.2, 0.25) is 0 Å². The molecule has 1 aromatic heterocycles. The summed E-state index contributed by atoms with van der Waals surface area (Å²) in [5, 5.41) is 4.72. The molecule has 7 heteroatoms. The maximum Gasteiger partial charge on any atom is 0.339 e. The third-order valence-electron chi connectivity index (χ3n) is 4.08. The molecule has 0 aliphatic carbocycles. The van der Waals surface area contributed by atoms with Crippen molar-refractivity contribution in [3.8, 4) is 11.5 Å². The van der Waals surface area contributed by atoms with Gasteiger partial charge in [-0.15, -0.1) is 0 Å². The number of hydrogen-bond donors (Lipinski definition) is 0. The third-order valence-corrected chi connectivity index (χ3v) is 4.33. The molecule has 0 saturated carbocycles. The van der Waals surface area contributed by atoms with Gasteiger partial charge in [-0.3, -0.25) is 0 Å². The standard InChI is InChI=1S/C18H14ClN3O3/c1-18(9-22-11-20-10-21-22)16-7-6-14(8-15(16)17(23)25-18)24-13-4-2-12(19)3-5-13/h2-8,10-11H,9H2,1H3. The van der Waals surface area contributed by atoms with Crippen molar-refractivity contribution < 1.29 is 14.3 Å². The highest BCUT2D eigenvalue weighted by molar-refractivity contribution is 6.30. The minimum atomic E-state index is -0.793. The molecular formula is C18H14ClN3O3. The lowest BCUT2D eigenvalue weighted by Crippen LogP contribution is -2.28. The van der Waals surface area contributed by atoms with Gasteiger partial charge in [-0.1, -0.05) is 17.7 Å². The van der Waals surface area contributed by atoms with Gasteiger partial charge in [-0.05, 0) is 43.3 Å². The fourth-order valence-electron chi connectivity index (χ4n) is 2.91. The van der Waals surface area contributed by atoms with E-state index in [0.29, 0.717) is 28.6 Å². The number of halogens is 1. The normalized spacial score (nSPS) is 18.7. The fourth-order valence-corrected chi connectivity index (χ4v) is 3.04. The van der Waals surface area contributed by atoms with Gasteiger partial charge in [0.05, 0.1) is 12.1 Å². The van der Waals surface area contributed by atoms with Crippen LogP contribution in [0.5, 0.6) is 11.5 Å². The van der Waals surface area contributed by atoms with E-state index in [0.717, 1.165) is 5.56 Å². The molecule has 2 heterocycles. The molecule has 0 bridgehead atoms. The van der Waals surface area contributed by atoms with E-state index in [1.165, 1.54) is 6.33 Å². The number of nitrogens with zero attached hydrogens (tertiary/aromatic N) is 3. The van der Waals surface area contributed by atoms with E-state index in [9.17, 15) is 4.79 Å². The Kier molecular flexibility index (Phi) is 3.69. The van der Waals surface area contributed by atoms with Crippen molar-refractivity contribution in [1.29, 1.82) is 0 Å². The average molecular weight is 356 g/mol. The minimum Gasteiger partial charge on any atom is -0.457 e. The number of benzene rings is 2. The minimum absolute atomic E-state index is 0.376. The van der Waals surface area contributed by atoms with Crippen LogP contribution in [0.15, 0.2) is 55.1 Å². The number of esters is 1. The molecule has 25 heavy (non-hydrogen) atoms. The molecule has 0 radical (unpaired) electrons. The van der Waals surface area contributed by atoms with Crippen molar-refractivity contribution in [2.75, 3.05) is 0 Å². The van der Waals surface area contributed by atoms with E-state index in [1.807, 2.05) is 19.1 Å². The number of ether oxygens (including phenoxy) is 2. The monoisotopic (exact) mass is 355 g/mol. The van der Waals surface area contributed by atoms with Crippen LogP contribution in [0.25, 0.3) is 0 Å². The lowest BCUT2D eigenvalue weighted by atomic mass is 9.94. The molecule has 1 atom stereocenters. The van der Waals surface area contributed by atoms with Gasteiger partial charge in [-0.25, -0.2) is 14.5 Å². The van der Waals surface area contributed by atoms with Crippen LogP contribution in [0.2, 0.25) is 5.02 Å². The second kappa shape index (κ2) is 5.89. The lowest BCUT2D eigenvalue weighted by molar-refractivity contribution is -0.00888. The summed E-state index contributed by atoms with van der Waals surface area (Å²) in [6.45, 7) is 2.25. The molecule has 1 aliphatic rings. The predicted octanol–water partition coefficient (Wildman–Crippen LogP) is 3.81. The van der Waals surface area contributed by atoms with Gasteiger partial charge in [0.25, 0.3) is 0 Å². The van der Waals surface area contributed by atoms with Crippen molar-refractivity contribution in [2.45, 2.75) is 19.1 Å². The van der Waals surface area contributed by atoms with Gasteiger partial charge in [-0.2, -0.15) is 5.10 Å². The van der Waals surface area contributed by atoms with Crippen LogP contribution >= 0.6 is 11.6 Å². The number of fused-ring (bicyclic) bond motifs is 1. The van der Waals surface area contributed by atoms with Crippen LogP contribution in [-0.2, 0) is 16.9 Å². The summed E-state index contributed by atoms with van der Waals surface area (Å²) in [7, 11) is 0. The molecule has 0 spiro atoms. The second-order valence-electron chi connectivity index (χ2n) is 5.98. The first-order valence-electron chi connectivity index (χ1n) is 7.67. The summed E-state index contributed by atoms with van der Waals surface area (Å²) in [6.07, 6.45) is 3.04. The zero-order valence-electron chi connectivity index (χ0n) is 13.3. The number of carbonyl (C=O) groups is 1. The van der Waals surface area contributed by atoms with E-state index < -0.39 is 5.60 Å². The molecule has 126 valence electrons. The molecule has 0 fully saturated rings. The molecular weight excluding hydrogens is 342 g/mol. The van der Waals surface area contributed by atoms with E-state index in [2.05, 4.69) is 10.1 Å². The summed E-state index contributed by atoms with van der Waals surface area (Å²) in [6, 6.07) is 12.4. The van der Waals surface area contributed by atoms with E-state index in [1.54, 1.807) is 41.3 Å².